The summed E-state index contributed by atoms with van der Waals surface area (Å²) in [5.74, 6) is 0. The number of halogens is 2. The van der Waals surface area contributed by atoms with E-state index in [1.165, 1.54) is 11.9 Å². The Morgan fingerprint density at radius 1 is 1.36 bits per heavy atom. The highest BCUT2D eigenvalue weighted by atomic mass is 79.9. The molecule has 0 amide bonds. The first-order chi connectivity index (χ1) is 6.81. The van der Waals surface area contributed by atoms with Gasteiger partial charge < -0.3 is 0 Å². The Bertz CT molecular complexity index is 426. The Labute approximate surface area is 98.4 Å². The van der Waals surface area contributed by atoms with Gasteiger partial charge in [0.05, 0.1) is 5.69 Å². The molecule has 72 valence electrons. The molecule has 0 bridgehead atoms. The molecule has 1 heterocycles. The normalized spacial score (nSPS) is 10.4. The van der Waals surface area contributed by atoms with Crippen molar-refractivity contribution in [2.45, 2.75) is 5.33 Å². The fraction of sp³-hybridized carbons (Fsp3) is 0.111. The zero-order valence-electron chi connectivity index (χ0n) is 7.19. The lowest BCUT2D eigenvalue weighted by atomic mass is 10.2. The molecule has 1 aromatic carbocycles. The third-order valence-electron chi connectivity index (χ3n) is 1.83. The van der Waals surface area contributed by atoms with Gasteiger partial charge in [-0.2, -0.15) is 5.10 Å². The number of rotatable bonds is 2. The summed E-state index contributed by atoms with van der Waals surface area (Å²) in [7, 11) is 0. The van der Waals surface area contributed by atoms with Crippen LogP contribution in [0.1, 0.15) is 5.56 Å². The highest BCUT2D eigenvalue weighted by Crippen LogP contribution is 2.22. The summed E-state index contributed by atoms with van der Waals surface area (Å²) in [6.07, 6.45) is 3.19. The van der Waals surface area contributed by atoms with Crippen molar-refractivity contribution in [3.63, 3.8) is 0 Å². The molecular weight excluding hydrogens is 310 g/mol. The third-order valence-corrected chi connectivity index (χ3v) is 3.11. The zero-order chi connectivity index (χ0) is 9.97. The summed E-state index contributed by atoms with van der Waals surface area (Å²) in [6, 6.07) is 6.12. The summed E-state index contributed by atoms with van der Waals surface area (Å²) in [6.45, 7) is 0. The predicted octanol–water partition coefficient (Wildman–Crippen LogP) is 2.92. The van der Waals surface area contributed by atoms with E-state index < -0.39 is 0 Å². The maximum absolute atomic E-state index is 4.07. The summed E-state index contributed by atoms with van der Waals surface area (Å²) in [4.78, 5) is 3.90. The molecule has 2 aromatic rings. The van der Waals surface area contributed by atoms with Crippen LogP contribution in [0.4, 0.5) is 0 Å². The Balaban J connectivity index is 2.46. The zero-order valence-corrected chi connectivity index (χ0v) is 10.4. The van der Waals surface area contributed by atoms with E-state index in [0.29, 0.717) is 0 Å². The first-order valence-electron chi connectivity index (χ1n) is 4.00. The van der Waals surface area contributed by atoms with Gasteiger partial charge in [0.1, 0.15) is 12.7 Å². The summed E-state index contributed by atoms with van der Waals surface area (Å²) in [5.41, 5.74) is 2.22. The lowest BCUT2D eigenvalue weighted by molar-refractivity contribution is 0.874. The maximum atomic E-state index is 4.07. The van der Waals surface area contributed by atoms with Crippen LogP contribution in [0.3, 0.4) is 0 Å². The van der Waals surface area contributed by atoms with Gasteiger partial charge in [-0.1, -0.05) is 22.0 Å². The van der Waals surface area contributed by atoms with Crippen LogP contribution in [0.2, 0.25) is 0 Å². The van der Waals surface area contributed by atoms with Crippen molar-refractivity contribution in [3.05, 3.63) is 40.9 Å². The van der Waals surface area contributed by atoms with Crippen LogP contribution in [-0.2, 0) is 5.33 Å². The lowest BCUT2D eigenvalue weighted by Crippen LogP contribution is -1.95. The molecule has 0 aliphatic heterocycles. The SMILES string of the molecule is BrCc1ccc(-n2cncn2)c(Br)c1. The van der Waals surface area contributed by atoms with E-state index in [0.717, 1.165) is 15.5 Å². The number of hydrogen-bond acceptors (Lipinski definition) is 2. The second-order valence-electron chi connectivity index (χ2n) is 2.76. The van der Waals surface area contributed by atoms with E-state index in [-0.39, 0.29) is 0 Å². The summed E-state index contributed by atoms with van der Waals surface area (Å²) < 4.78 is 2.74. The second kappa shape index (κ2) is 4.23. The molecule has 0 radical (unpaired) electrons. The Morgan fingerprint density at radius 3 is 2.79 bits per heavy atom. The van der Waals surface area contributed by atoms with Crippen molar-refractivity contribution in [3.8, 4) is 5.69 Å². The van der Waals surface area contributed by atoms with E-state index in [4.69, 9.17) is 0 Å². The van der Waals surface area contributed by atoms with Crippen LogP contribution in [0, 0.1) is 0 Å². The summed E-state index contributed by atoms with van der Waals surface area (Å²) >= 11 is 6.91. The molecule has 0 atom stereocenters. The van der Waals surface area contributed by atoms with Gasteiger partial charge in [0.2, 0.25) is 0 Å². The molecule has 0 N–H and O–H groups in total. The molecule has 0 unspecified atom stereocenters. The van der Waals surface area contributed by atoms with Crippen LogP contribution >= 0.6 is 31.9 Å². The number of hydrogen-bond donors (Lipinski definition) is 0. The molecule has 0 saturated heterocycles. The number of nitrogens with zero attached hydrogens (tertiary/aromatic N) is 3. The molecule has 1 aromatic heterocycles. The summed E-state index contributed by atoms with van der Waals surface area (Å²) in [5, 5.41) is 4.92. The Morgan fingerprint density at radius 2 is 2.21 bits per heavy atom. The topological polar surface area (TPSA) is 30.7 Å². The maximum Gasteiger partial charge on any atom is 0.138 e. The van der Waals surface area contributed by atoms with Crippen LogP contribution in [0.15, 0.2) is 35.3 Å². The minimum absolute atomic E-state index is 0.850. The Kier molecular flexibility index (Phi) is 2.98. The first-order valence-corrected chi connectivity index (χ1v) is 5.92. The van der Waals surface area contributed by atoms with Gasteiger partial charge >= 0.3 is 0 Å². The minimum atomic E-state index is 0.850. The van der Waals surface area contributed by atoms with Crippen molar-refractivity contribution < 1.29 is 0 Å². The highest BCUT2D eigenvalue weighted by Gasteiger charge is 2.03. The smallest absolute Gasteiger partial charge is 0.138 e. The van der Waals surface area contributed by atoms with Crippen LogP contribution in [-0.4, -0.2) is 14.8 Å². The highest BCUT2D eigenvalue weighted by molar-refractivity contribution is 9.10. The van der Waals surface area contributed by atoms with Gasteiger partial charge in [-0.25, -0.2) is 9.67 Å². The number of alkyl halides is 1. The monoisotopic (exact) mass is 315 g/mol. The quantitative estimate of drug-likeness (QED) is 0.798. The fourth-order valence-electron chi connectivity index (χ4n) is 1.15. The molecule has 3 nitrogen and oxygen atoms in total. The van der Waals surface area contributed by atoms with Crippen LogP contribution < -0.4 is 0 Å². The molecule has 5 heteroatoms. The van der Waals surface area contributed by atoms with Crippen molar-refractivity contribution >= 4 is 31.9 Å². The molecule has 0 aliphatic rings. The van der Waals surface area contributed by atoms with Gasteiger partial charge in [-0.05, 0) is 33.6 Å². The van der Waals surface area contributed by atoms with Gasteiger partial charge in [-0.15, -0.1) is 0 Å². The third kappa shape index (κ3) is 1.88. The second-order valence-corrected chi connectivity index (χ2v) is 4.17. The van der Waals surface area contributed by atoms with Crippen LogP contribution in [0.5, 0.6) is 0 Å². The Hall–Kier alpha value is -0.680. The van der Waals surface area contributed by atoms with Crippen LogP contribution in [0.25, 0.3) is 5.69 Å². The molecule has 0 aliphatic carbocycles. The van der Waals surface area contributed by atoms with Gasteiger partial charge in [0.15, 0.2) is 0 Å². The standard InChI is InChI=1S/C9H7Br2N3/c10-4-7-1-2-9(8(11)3-7)14-6-12-5-13-14/h1-3,5-6H,4H2. The molecular formula is C9H7Br2N3. The molecule has 2 rings (SSSR count). The van der Waals surface area contributed by atoms with E-state index in [1.807, 2.05) is 6.07 Å². The van der Waals surface area contributed by atoms with Crippen molar-refractivity contribution in [2.75, 3.05) is 0 Å². The van der Waals surface area contributed by atoms with E-state index in [1.54, 1.807) is 11.0 Å². The van der Waals surface area contributed by atoms with Crippen molar-refractivity contribution in [1.82, 2.24) is 14.8 Å². The lowest BCUT2D eigenvalue weighted by Gasteiger charge is -2.04. The van der Waals surface area contributed by atoms with Gasteiger partial charge in [0.25, 0.3) is 0 Å². The first kappa shape index (κ1) is 9.86. The minimum Gasteiger partial charge on any atom is -0.223 e. The molecule has 0 spiro atoms. The average molecular weight is 317 g/mol. The predicted molar refractivity (Wildman–Crippen MR) is 61.7 cm³/mol. The fourth-order valence-corrected chi connectivity index (χ4v) is 2.11. The van der Waals surface area contributed by atoms with Crippen molar-refractivity contribution in [2.24, 2.45) is 0 Å². The van der Waals surface area contributed by atoms with E-state index in [9.17, 15) is 0 Å². The average Bonchev–Trinajstić information content (AvgIpc) is 2.70. The molecule has 14 heavy (non-hydrogen) atoms. The van der Waals surface area contributed by atoms with E-state index in [2.05, 4.69) is 54.1 Å². The molecule has 0 saturated carbocycles. The van der Waals surface area contributed by atoms with Crippen molar-refractivity contribution in [1.29, 1.82) is 0 Å². The van der Waals surface area contributed by atoms with Gasteiger partial charge in [-0.3, -0.25) is 0 Å². The van der Waals surface area contributed by atoms with E-state index >= 15 is 0 Å². The molecule has 0 fully saturated rings. The van der Waals surface area contributed by atoms with Gasteiger partial charge in [0, 0.05) is 9.80 Å². The number of benzene rings is 1. The number of aromatic nitrogens is 3. The largest absolute Gasteiger partial charge is 0.223 e.